The van der Waals surface area contributed by atoms with Gasteiger partial charge in [0.2, 0.25) is 0 Å². The molecular formula is C17H28O2. The van der Waals surface area contributed by atoms with E-state index in [1.165, 1.54) is 11.1 Å². The van der Waals surface area contributed by atoms with Crippen LogP contribution in [0.2, 0.25) is 0 Å². The van der Waals surface area contributed by atoms with E-state index in [9.17, 15) is 0 Å². The Labute approximate surface area is 117 Å². The highest BCUT2D eigenvalue weighted by molar-refractivity contribution is 5.35. The first kappa shape index (κ1) is 16.0. The molecule has 19 heavy (non-hydrogen) atoms. The van der Waals surface area contributed by atoms with Crippen LogP contribution < -0.4 is 4.74 Å². The molecule has 2 heteroatoms. The van der Waals surface area contributed by atoms with E-state index in [-0.39, 0.29) is 6.61 Å². The number of benzene rings is 1. The van der Waals surface area contributed by atoms with Gasteiger partial charge in [0.1, 0.15) is 5.75 Å². The second kappa shape index (κ2) is 8.21. The van der Waals surface area contributed by atoms with Crippen molar-refractivity contribution < 1.29 is 9.84 Å². The lowest BCUT2D eigenvalue weighted by atomic mass is 9.96. The molecule has 0 saturated carbocycles. The van der Waals surface area contributed by atoms with E-state index < -0.39 is 0 Å². The molecule has 1 rings (SSSR count). The Bertz CT molecular complexity index is 341. The van der Waals surface area contributed by atoms with Gasteiger partial charge in [-0.3, -0.25) is 0 Å². The summed E-state index contributed by atoms with van der Waals surface area (Å²) in [5.74, 6) is 2.25. The second-order valence-corrected chi connectivity index (χ2v) is 6.11. The zero-order valence-corrected chi connectivity index (χ0v) is 12.8. The van der Waals surface area contributed by atoms with Crippen LogP contribution in [0, 0.1) is 11.8 Å². The van der Waals surface area contributed by atoms with E-state index in [0.29, 0.717) is 24.9 Å². The molecule has 1 aromatic rings. The molecule has 0 spiro atoms. The lowest BCUT2D eigenvalue weighted by molar-refractivity contribution is 0.233. The van der Waals surface area contributed by atoms with Crippen molar-refractivity contribution in [3.8, 4) is 5.75 Å². The van der Waals surface area contributed by atoms with Crippen LogP contribution >= 0.6 is 0 Å². The van der Waals surface area contributed by atoms with Crippen molar-refractivity contribution in [2.24, 2.45) is 11.8 Å². The Morgan fingerprint density at radius 3 is 1.89 bits per heavy atom. The molecule has 0 aliphatic carbocycles. The minimum atomic E-state index is 0.185. The number of aliphatic hydroxyl groups excluding tert-OH is 1. The standard InChI is InChI=1S/C17H28O2/c1-13(2)8-15-10-16(9-14(3)4)12-17(11-15)19-7-5-6-18/h10-14,18H,5-9H2,1-4H3. The predicted molar refractivity (Wildman–Crippen MR) is 80.7 cm³/mol. The summed E-state index contributed by atoms with van der Waals surface area (Å²) in [5, 5.41) is 8.81. The Morgan fingerprint density at radius 2 is 1.47 bits per heavy atom. The lowest BCUT2D eigenvalue weighted by Crippen LogP contribution is -2.03. The fourth-order valence-corrected chi connectivity index (χ4v) is 2.24. The molecule has 108 valence electrons. The Morgan fingerprint density at radius 1 is 0.947 bits per heavy atom. The molecule has 0 aliphatic rings. The van der Waals surface area contributed by atoms with Crippen LogP contribution in [0.1, 0.15) is 45.2 Å². The monoisotopic (exact) mass is 264 g/mol. The molecule has 0 aromatic heterocycles. The van der Waals surface area contributed by atoms with Crippen molar-refractivity contribution >= 4 is 0 Å². The van der Waals surface area contributed by atoms with Gasteiger partial charge in [-0.1, -0.05) is 33.8 Å². The lowest BCUT2D eigenvalue weighted by Gasteiger charge is -2.13. The summed E-state index contributed by atoms with van der Waals surface area (Å²) in [7, 11) is 0. The van der Waals surface area contributed by atoms with Crippen LogP contribution in [0.3, 0.4) is 0 Å². The van der Waals surface area contributed by atoms with Gasteiger partial charge in [0.25, 0.3) is 0 Å². The van der Waals surface area contributed by atoms with Crippen molar-refractivity contribution in [3.05, 3.63) is 29.3 Å². The highest BCUT2D eigenvalue weighted by atomic mass is 16.5. The number of hydrogen-bond acceptors (Lipinski definition) is 2. The van der Waals surface area contributed by atoms with Gasteiger partial charge in [-0.15, -0.1) is 0 Å². The molecular weight excluding hydrogens is 236 g/mol. The molecule has 0 unspecified atom stereocenters. The maximum absolute atomic E-state index is 8.81. The molecule has 0 atom stereocenters. The summed E-state index contributed by atoms with van der Waals surface area (Å²) >= 11 is 0. The molecule has 0 radical (unpaired) electrons. The fourth-order valence-electron chi connectivity index (χ4n) is 2.24. The molecule has 0 aliphatic heterocycles. The molecule has 1 N–H and O–H groups in total. The first-order chi connectivity index (χ1) is 9.01. The average molecular weight is 264 g/mol. The predicted octanol–water partition coefficient (Wildman–Crippen LogP) is 3.84. The van der Waals surface area contributed by atoms with Crippen LogP contribution in [0.4, 0.5) is 0 Å². The van der Waals surface area contributed by atoms with Crippen LogP contribution in [0.15, 0.2) is 18.2 Å². The SMILES string of the molecule is CC(C)Cc1cc(CC(C)C)cc(OCCCO)c1. The first-order valence-electron chi connectivity index (χ1n) is 7.37. The van der Waals surface area contributed by atoms with Crippen molar-refractivity contribution in [1.82, 2.24) is 0 Å². The maximum Gasteiger partial charge on any atom is 0.119 e. The molecule has 0 bridgehead atoms. The molecule has 1 aromatic carbocycles. The smallest absolute Gasteiger partial charge is 0.119 e. The minimum Gasteiger partial charge on any atom is -0.493 e. The van der Waals surface area contributed by atoms with Crippen molar-refractivity contribution in [2.75, 3.05) is 13.2 Å². The summed E-state index contributed by atoms with van der Waals surface area (Å²) in [6.45, 7) is 9.72. The highest BCUT2D eigenvalue weighted by Crippen LogP contribution is 2.22. The normalized spacial score (nSPS) is 11.3. The van der Waals surface area contributed by atoms with Crippen molar-refractivity contribution in [3.63, 3.8) is 0 Å². The van der Waals surface area contributed by atoms with Gasteiger partial charge >= 0.3 is 0 Å². The van der Waals surface area contributed by atoms with Gasteiger partial charge in [0, 0.05) is 13.0 Å². The quantitative estimate of drug-likeness (QED) is 0.723. The maximum atomic E-state index is 8.81. The highest BCUT2D eigenvalue weighted by Gasteiger charge is 2.06. The Kier molecular flexibility index (Phi) is 6.93. The Balaban J connectivity index is 2.82. The van der Waals surface area contributed by atoms with E-state index in [2.05, 4.69) is 45.9 Å². The Hall–Kier alpha value is -1.02. The van der Waals surface area contributed by atoms with E-state index in [1.54, 1.807) is 0 Å². The van der Waals surface area contributed by atoms with E-state index in [1.807, 2.05) is 0 Å². The van der Waals surface area contributed by atoms with Gasteiger partial charge in [-0.25, -0.2) is 0 Å². The largest absolute Gasteiger partial charge is 0.493 e. The van der Waals surface area contributed by atoms with Gasteiger partial charge in [-0.2, -0.15) is 0 Å². The summed E-state index contributed by atoms with van der Waals surface area (Å²) in [6.07, 6.45) is 2.86. The molecule has 0 saturated heterocycles. The third-order valence-electron chi connectivity index (χ3n) is 2.89. The van der Waals surface area contributed by atoms with Gasteiger partial charge < -0.3 is 9.84 Å². The van der Waals surface area contributed by atoms with E-state index >= 15 is 0 Å². The number of hydrogen-bond donors (Lipinski definition) is 1. The van der Waals surface area contributed by atoms with Crippen LogP contribution in [0.25, 0.3) is 0 Å². The summed E-state index contributed by atoms with van der Waals surface area (Å²) < 4.78 is 5.73. The van der Waals surface area contributed by atoms with Crippen molar-refractivity contribution in [2.45, 2.75) is 47.0 Å². The third kappa shape index (κ3) is 6.63. The molecule has 0 heterocycles. The minimum absolute atomic E-state index is 0.185. The second-order valence-electron chi connectivity index (χ2n) is 6.11. The average Bonchev–Trinajstić information content (AvgIpc) is 2.27. The van der Waals surface area contributed by atoms with Gasteiger partial charge in [0.05, 0.1) is 6.61 Å². The van der Waals surface area contributed by atoms with E-state index in [4.69, 9.17) is 9.84 Å². The fraction of sp³-hybridized carbons (Fsp3) is 0.647. The summed E-state index contributed by atoms with van der Waals surface area (Å²) in [4.78, 5) is 0. The third-order valence-corrected chi connectivity index (χ3v) is 2.89. The topological polar surface area (TPSA) is 29.5 Å². The van der Waals surface area contributed by atoms with Crippen LogP contribution in [0.5, 0.6) is 5.75 Å². The summed E-state index contributed by atoms with van der Waals surface area (Å²) in [6, 6.07) is 6.58. The zero-order chi connectivity index (χ0) is 14.3. The number of rotatable bonds is 8. The number of aliphatic hydroxyl groups is 1. The first-order valence-corrected chi connectivity index (χ1v) is 7.37. The number of ether oxygens (including phenoxy) is 1. The zero-order valence-electron chi connectivity index (χ0n) is 12.8. The molecule has 0 amide bonds. The van der Waals surface area contributed by atoms with Gasteiger partial charge in [0.15, 0.2) is 0 Å². The molecule has 0 fully saturated rings. The van der Waals surface area contributed by atoms with Crippen LogP contribution in [-0.4, -0.2) is 18.3 Å². The molecule has 2 nitrogen and oxygen atoms in total. The summed E-state index contributed by atoms with van der Waals surface area (Å²) in [5.41, 5.74) is 2.71. The van der Waals surface area contributed by atoms with E-state index in [0.717, 1.165) is 18.6 Å². The van der Waals surface area contributed by atoms with Crippen LogP contribution in [-0.2, 0) is 12.8 Å². The van der Waals surface area contributed by atoms with Gasteiger partial charge in [-0.05, 0) is 47.9 Å². The van der Waals surface area contributed by atoms with Crippen molar-refractivity contribution in [1.29, 1.82) is 0 Å².